The number of hydrogen-bond donors (Lipinski definition) is 1. The number of nitrogens with one attached hydrogen (secondary N) is 1. The second kappa shape index (κ2) is 4.30. The normalized spacial score (nSPS) is 32.2. The van der Waals surface area contributed by atoms with Crippen molar-refractivity contribution in [1.29, 1.82) is 0 Å². The largest absolute Gasteiger partial charge is 0.373 e. The summed E-state index contributed by atoms with van der Waals surface area (Å²) in [6.45, 7) is 2.16. The number of aryl methyl sites for hydroxylation is 1. The van der Waals surface area contributed by atoms with Crippen LogP contribution in [0.2, 0.25) is 0 Å². The summed E-state index contributed by atoms with van der Waals surface area (Å²) in [5.41, 5.74) is 0. The lowest BCUT2D eigenvalue weighted by atomic mass is 9.96. The van der Waals surface area contributed by atoms with Gasteiger partial charge < -0.3 is 10.1 Å². The van der Waals surface area contributed by atoms with Crippen molar-refractivity contribution < 1.29 is 4.74 Å². The van der Waals surface area contributed by atoms with E-state index in [2.05, 4.69) is 22.4 Å². The molecule has 1 aromatic heterocycles. The van der Waals surface area contributed by atoms with Gasteiger partial charge in [0.2, 0.25) is 5.13 Å². The Morgan fingerprint density at radius 2 is 2.38 bits per heavy atom. The number of fused-ring (bicyclic) bond motifs is 2. The minimum absolute atomic E-state index is 0.406. The Labute approximate surface area is 99.4 Å². The fourth-order valence-electron chi connectivity index (χ4n) is 2.58. The van der Waals surface area contributed by atoms with Gasteiger partial charge in [0.25, 0.3) is 0 Å². The van der Waals surface area contributed by atoms with Gasteiger partial charge in [0.05, 0.1) is 18.2 Å². The fraction of sp³-hybridized carbons (Fsp3) is 0.818. The molecular formula is C11H17N3OS. The first kappa shape index (κ1) is 10.5. The summed E-state index contributed by atoms with van der Waals surface area (Å²) >= 11 is 1.68. The quantitative estimate of drug-likeness (QED) is 0.875. The molecule has 0 aliphatic carbocycles. The van der Waals surface area contributed by atoms with Crippen molar-refractivity contribution in [3.63, 3.8) is 0 Å². The molecule has 3 rings (SSSR count). The molecule has 16 heavy (non-hydrogen) atoms. The Kier molecular flexibility index (Phi) is 2.81. The molecule has 0 radical (unpaired) electrons. The number of aromatic nitrogens is 2. The van der Waals surface area contributed by atoms with Crippen molar-refractivity contribution >= 4 is 16.5 Å². The van der Waals surface area contributed by atoms with Crippen molar-refractivity contribution in [3.8, 4) is 0 Å². The Hall–Kier alpha value is -0.680. The molecule has 2 aliphatic heterocycles. The van der Waals surface area contributed by atoms with E-state index in [1.807, 2.05) is 0 Å². The lowest BCUT2D eigenvalue weighted by Gasteiger charge is -2.18. The van der Waals surface area contributed by atoms with Gasteiger partial charge >= 0.3 is 0 Å². The highest BCUT2D eigenvalue weighted by molar-refractivity contribution is 7.15. The number of nitrogens with zero attached hydrogens (tertiary/aromatic N) is 2. The topological polar surface area (TPSA) is 47.0 Å². The maximum Gasteiger partial charge on any atom is 0.205 e. The molecule has 0 unspecified atom stereocenters. The Morgan fingerprint density at radius 1 is 1.44 bits per heavy atom. The second-order valence-corrected chi connectivity index (χ2v) is 5.67. The van der Waals surface area contributed by atoms with Gasteiger partial charge in [-0.3, -0.25) is 0 Å². The molecule has 2 aliphatic rings. The van der Waals surface area contributed by atoms with Crippen molar-refractivity contribution in [3.05, 3.63) is 5.01 Å². The highest BCUT2D eigenvalue weighted by Gasteiger charge is 2.41. The zero-order valence-corrected chi connectivity index (χ0v) is 10.3. The molecule has 1 aromatic rings. The van der Waals surface area contributed by atoms with Crippen LogP contribution in [0.5, 0.6) is 0 Å². The number of rotatable bonds is 4. The van der Waals surface area contributed by atoms with Crippen LogP contribution in [0.15, 0.2) is 0 Å². The zero-order chi connectivity index (χ0) is 11.0. The van der Waals surface area contributed by atoms with Crippen LogP contribution in [0.25, 0.3) is 0 Å². The lowest BCUT2D eigenvalue weighted by Crippen LogP contribution is -2.30. The summed E-state index contributed by atoms with van der Waals surface area (Å²) in [5.74, 6) is 0. The molecule has 88 valence electrons. The highest BCUT2D eigenvalue weighted by atomic mass is 32.1. The van der Waals surface area contributed by atoms with Crippen LogP contribution >= 0.6 is 11.3 Å². The molecule has 0 aromatic carbocycles. The van der Waals surface area contributed by atoms with E-state index in [4.69, 9.17) is 4.74 Å². The summed E-state index contributed by atoms with van der Waals surface area (Å²) in [6.07, 6.45) is 6.63. The van der Waals surface area contributed by atoms with Gasteiger partial charge in [0, 0.05) is 6.42 Å². The van der Waals surface area contributed by atoms with Crippen LogP contribution in [0.4, 0.5) is 5.13 Å². The summed E-state index contributed by atoms with van der Waals surface area (Å²) in [4.78, 5) is 0. The predicted octanol–water partition coefficient (Wildman–Crippen LogP) is 2.22. The molecule has 0 amide bonds. The first-order chi connectivity index (χ1) is 7.85. The Balaban J connectivity index is 1.61. The summed E-state index contributed by atoms with van der Waals surface area (Å²) in [7, 11) is 0. The Morgan fingerprint density at radius 3 is 3.06 bits per heavy atom. The molecule has 0 saturated carbocycles. The number of anilines is 1. The van der Waals surface area contributed by atoms with Crippen LogP contribution in [0, 0.1) is 0 Å². The van der Waals surface area contributed by atoms with Crippen LogP contribution < -0.4 is 5.32 Å². The lowest BCUT2D eigenvalue weighted by molar-refractivity contribution is 0.102. The van der Waals surface area contributed by atoms with Gasteiger partial charge in [-0.25, -0.2) is 0 Å². The van der Waals surface area contributed by atoms with Crippen molar-refractivity contribution in [2.75, 3.05) is 5.32 Å². The van der Waals surface area contributed by atoms with Crippen LogP contribution in [-0.2, 0) is 11.2 Å². The third-order valence-electron chi connectivity index (χ3n) is 3.35. The number of ether oxygens (including phenoxy) is 1. The van der Waals surface area contributed by atoms with Crippen molar-refractivity contribution in [2.24, 2.45) is 0 Å². The molecule has 0 spiro atoms. The minimum atomic E-state index is 0.406. The standard InChI is InChI=1S/C11H17N3OS/c1-2-3-10-13-14-11(16-10)12-8-6-7-4-5-9(8)15-7/h7-9H,2-6H2,1H3,(H,12,14)/t7-,8-,9-/m0/s1. The third-order valence-corrected chi connectivity index (χ3v) is 4.26. The van der Waals surface area contributed by atoms with Gasteiger partial charge in [-0.2, -0.15) is 0 Å². The van der Waals surface area contributed by atoms with E-state index in [1.165, 1.54) is 12.8 Å². The van der Waals surface area contributed by atoms with Crippen LogP contribution in [0.1, 0.15) is 37.6 Å². The van der Waals surface area contributed by atoms with E-state index in [1.54, 1.807) is 11.3 Å². The fourth-order valence-corrected chi connectivity index (χ4v) is 3.48. The minimum Gasteiger partial charge on any atom is -0.373 e. The third kappa shape index (κ3) is 1.94. The maximum atomic E-state index is 5.81. The smallest absolute Gasteiger partial charge is 0.205 e. The first-order valence-electron chi connectivity index (χ1n) is 6.09. The molecule has 1 N–H and O–H groups in total. The monoisotopic (exact) mass is 239 g/mol. The first-order valence-corrected chi connectivity index (χ1v) is 6.91. The highest BCUT2D eigenvalue weighted by Crippen LogP contribution is 2.36. The van der Waals surface area contributed by atoms with E-state index in [0.29, 0.717) is 18.2 Å². The molecular weight excluding hydrogens is 222 g/mol. The van der Waals surface area contributed by atoms with E-state index < -0.39 is 0 Å². The van der Waals surface area contributed by atoms with Crippen molar-refractivity contribution in [2.45, 2.75) is 57.3 Å². The van der Waals surface area contributed by atoms with E-state index in [9.17, 15) is 0 Å². The molecule has 3 heterocycles. The van der Waals surface area contributed by atoms with Crippen molar-refractivity contribution in [1.82, 2.24) is 10.2 Å². The molecule has 3 atom stereocenters. The van der Waals surface area contributed by atoms with E-state index in [0.717, 1.165) is 29.4 Å². The molecule has 2 saturated heterocycles. The summed E-state index contributed by atoms with van der Waals surface area (Å²) in [6, 6.07) is 0.459. The maximum absolute atomic E-state index is 5.81. The van der Waals surface area contributed by atoms with Gasteiger partial charge in [0.1, 0.15) is 5.01 Å². The van der Waals surface area contributed by atoms with Gasteiger partial charge in [0.15, 0.2) is 0 Å². The summed E-state index contributed by atoms with van der Waals surface area (Å²) in [5, 5.41) is 13.9. The van der Waals surface area contributed by atoms with Gasteiger partial charge in [-0.05, 0) is 25.7 Å². The average Bonchev–Trinajstić information content (AvgIpc) is 2.95. The van der Waals surface area contributed by atoms with Crippen LogP contribution in [0.3, 0.4) is 0 Å². The van der Waals surface area contributed by atoms with E-state index >= 15 is 0 Å². The molecule has 4 nitrogen and oxygen atoms in total. The van der Waals surface area contributed by atoms with Gasteiger partial charge in [-0.15, -0.1) is 10.2 Å². The van der Waals surface area contributed by atoms with E-state index in [-0.39, 0.29) is 0 Å². The molecule has 5 heteroatoms. The van der Waals surface area contributed by atoms with Crippen LogP contribution in [-0.4, -0.2) is 28.4 Å². The number of hydrogen-bond acceptors (Lipinski definition) is 5. The predicted molar refractivity (Wildman–Crippen MR) is 63.8 cm³/mol. The average molecular weight is 239 g/mol. The van der Waals surface area contributed by atoms with Gasteiger partial charge in [-0.1, -0.05) is 18.3 Å². The Bertz CT molecular complexity index is 368. The summed E-state index contributed by atoms with van der Waals surface area (Å²) < 4.78 is 5.81. The second-order valence-electron chi connectivity index (χ2n) is 4.61. The molecule has 2 bridgehead atoms. The SMILES string of the molecule is CCCc1nnc(N[C@H]2C[C@@H]3CC[C@@H]2O3)s1. The zero-order valence-electron chi connectivity index (χ0n) is 9.48. The molecule has 2 fully saturated rings.